The van der Waals surface area contributed by atoms with Gasteiger partial charge in [0.05, 0.1) is 13.3 Å². The van der Waals surface area contributed by atoms with Gasteiger partial charge in [-0.3, -0.25) is 4.90 Å². The van der Waals surface area contributed by atoms with Crippen LogP contribution in [0.25, 0.3) is 0 Å². The molecule has 62 valence electrons. The zero-order valence-electron chi connectivity index (χ0n) is 6.63. The van der Waals surface area contributed by atoms with E-state index in [2.05, 4.69) is 15.9 Å². The van der Waals surface area contributed by atoms with Gasteiger partial charge in [0.25, 0.3) is 0 Å². The lowest BCUT2D eigenvalue weighted by Gasteiger charge is -2.38. The van der Waals surface area contributed by atoms with Gasteiger partial charge in [-0.1, -0.05) is 22.9 Å². The van der Waals surface area contributed by atoms with Gasteiger partial charge in [-0.05, 0) is 18.8 Å². The van der Waals surface area contributed by atoms with Crippen LogP contribution in [-0.4, -0.2) is 30.4 Å². The third-order valence-electron chi connectivity index (χ3n) is 2.27. The number of hydrogen-bond donors (Lipinski definition) is 0. The highest BCUT2D eigenvalue weighted by atomic mass is 79.9. The standard InChI is InChI=1S/C7H12BBrFN/c1-5-2-3-6(8)11(4-9)7(5)10/h5-7H,2-4H2,1H3/t5-,6-,7?/m0/s1. The first-order valence-electron chi connectivity index (χ1n) is 3.88. The lowest BCUT2D eigenvalue weighted by molar-refractivity contribution is 0.00746. The zero-order valence-corrected chi connectivity index (χ0v) is 8.22. The van der Waals surface area contributed by atoms with Crippen molar-refractivity contribution in [3.05, 3.63) is 0 Å². The topological polar surface area (TPSA) is 3.24 Å². The number of nitrogens with zero attached hydrogens (tertiary/aromatic N) is 1. The molecular formula is C7H12BBrFN. The lowest BCUT2D eigenvalue weighted by atomic mass is 9.83. The molecule has 1 aliphatic rings. The van der Waals surface area contributed by atoms with E-state index in [1.807, 2.05) is 6.92 Å². The summed E-state index contributed by atoms with van der Waals surface area (Å²) >= 11 is 3.23. The van der Waals surface area contributed by atoms with E-state index in [4.69, 9.17) is 7.85 Å². The van der Waals surface area contributed by atoms with Crippen molar-refractivity contribution in [2.24, 2.45) is 5.92 Å². The molecule has 1 fully saturated rings. The molecule has 0 aromatic rings. The monoisotopic (exact) mass is 219 g/mol. The van der Waals surface area contributed by atoms with Gasteiger partial charge in [0, 0.05) is 5.92 Å². The van der Waals surface area contributed by atoms with Gasteiger partial charge in [0.1, 0.15) is 0 Å². The van der Waals surface area contributed by atoms with Crippen LogP contribution in [0.1, 0.15) is 19.8 Å². The predicted octanol–water partition coefficient (Wildman–Crippen LogP) is 1.86. The first-order valence-corrected chi connectivity index (χ1v) is 5.00. The smallest absolute Gasteiger partial charge is 0.156 e. The summed E-state index contributed by atoms with van der Waals surface area (Å²) in [5, 5.41) is 0. The molecule has 1 saturated heterocycles. The Morgan fingerprint density at radius 2 is 2.27 bits per heavy atom. The maximum Gasteiger partial charge on any atom is 0.156 e. The van der Waals surface area contributed by atoms with Gasteiger partial charge in [-0.25, -0.2) is 4.39 Å². The van der Waals surface area contributed by atoms with Crippen LogP contribution < -0.4 is 0 Å². The molecular weight excluding hydrogens is 208 g/mol. The molecule has 0 saturated carbocycles. The summed E-state index contributed by atoms with van der Waals surface area (Å²) in [6.07, 6.45) is 0.914. The second-order valence-electron chi connectivity index (χ2n) is 3.13. The third-order valence-corrected chi connectivity index (χ3v) is 2.85. The molecule has 2 radical (unpaired) electrons. The van der Waals surface area contributed by atoms with Crippen molar-refractivity contribution in [2.45, 2.75) is 32.0 Å². The van der Waals surface area contributed by atoms with Gasteiger partial charge < -0.3 is 0 Å². The van der Waals surface area contributed by atoms with Crippen molar-refractivity contribution in [2.75, 3.05) is 5.45 Å². The highest BCUT2D eigenvalue weighted by molar-refractivity contribution is 9.09. The molecule has 0 aromatic heterocycles. The van der Waals surface area contributed by atoms with Crippen LogP contribution in [0.4, 0.5) is 4.39 Å². The number of halogens is 2. The number of alkyl halides is 2. The first-order chi connectivity index (χ1) is 5.16. The summed E-state index contributed by atoms with van der Waals surface area (Å²) in [5.74, 6) is 0.00734. The molecule has 0 N–H and O–H groups in total. The van der Waals surface area contributed by atoms with Crippen LogP contribution in [0, 0.1) is 5.92 Å². The molecule has 0 aliphatic carbocycles. The summed E-state index contributed by atoms with van der Waals surface area (Å²) in [6, 6.07) is 0. The van der Waals surface area contributed by atoms with E-state index in [-0.39, 0.29) is 11.9 Å². The van der Waals surface area contributed by atoms with E-state index in [0.29, 0.717) is 5.45 Å². The summed E-state index contributed by atoms with van der Waals surface area (Å²) in [4.78, 5) is 1.65. The minimum atomic E-state index is -0.877. The van der Waals surface area contributed by atoms with Gasteiger partial charge >= 0.3 is 0 Å². The van der Waals surface area contributed by atoms with Crippen LogP contribution in [0.2, 0.25) is 0 Å². The molecule has 0 bridgehead atoms. The fraction of sp³-hybridized carbons (Fsp3) is 1.00. The van der Waals surface area contributed by atoms with Gasteiger partial charge in [0.2, 0.25) is 0 Å². The second-order valence-corrected chi connectivity index (χ2v) is 3.63. The maximum atomic E-state index is 13.3. The normalized spacial score (nSPS) is 40.8. The Labute approximate surface area is 76.9 Å². The Hall–Kier alpha value is 0.435. The van der Waals surface area contributed by atoms with E-state index in [1.165, 1.54) is 0 Å². The minimum absolute atomic E-state index is 0.111. The molecule has 0 aromatic carbocycles. The van der Waals surface area contributed by atoms with Crippen molar-refractivity contribution < 1.29 is 4.39 Å². The van der Waals surface area contributed by atoms with E-state index in [1.54, 1.807) is 4.90 Å². The molecule has 4 heteroatoms. The molecule has 1 heterocycles. The van der Waals surface area contributed by atoms with Gasteiger partial charge in [-0.2, -0.15) is 0 Å². The van der Waals surface area contributed by atoms with Gasteiger partial charge in [0.15, 0.2) is 6.30 Å². The third kappa shape index (κ3) is 1.97. The number of likely N-dealkylation sites (tertiary alicyclic amines) is 1. The SMILES string of the molecule is [B][C@@H]1CC[C@H](C)C(F)N1CBr. The average molecular weight is 220 g/mol. The summed E-state index contributed by atoms with van der Waals surface area (Å²) in [6.45, 7) is 1.92. The molecule has 1 unspecified atom stereocenters. The average Bonchev–Trinajstić information content (AvgIpc) is 1.99. The zero-order chi connectivity index (χ0) is 8.43. The number of hydrogen-bond acceptors (Lipinski definition) is 1. The van der Waals surface area contributed by atoms with Crippen LogP contribution in [0.5, 0.6) is 0 Å². The van der Waals surface area contributed by atoms with E-state index >= 15 is 0 Å². The fourth-order valence-electron chi connectivity index (χ4n) is 1.40. The van der Waals surface area contributed by atoms with Crippen molar-refractivity contribution in [3.63, 3.8) is 0 Å². The van der Waals surface area contributed by atoms with Crippen LogP contribution >= 0.6 is 15.9 Å². The molecule has 11 heavy (non-hydrogen) atoms. The van der Waals surface area contributed by atoms with E-state index < -0.39 is 6.30 Å². The van der Waals surface area contributed by atoms with E-state index in [9.17, 15) is 4.39 Å². The molecule has 0 amide bonds. The maximum absolute atomic E-state index is 13.3. The second kappa shape index (κ2) is 3.90. The Bertz CT molecular complexity index is 136. The van der Waals surface area contributed by atoms with Crippen LogP contribution in [0.3, 0.4) is 0 Å². The van der Waals surface area contributed by atoms with Crippen LogP contribution in [-0.2, 0) is 0 Å². The predicted molar refractivity (Wildman–Crippen MR) is 48.5 cm³/mol. The lowest BCUT2D eigenvalue weighted by Crippen LogP contribution is -2.47. The minimum Gasteiger partial charge on any atom is -0.270 e. The van der Waals surface area contributed by atoms with E-state index in [0.717, 1.165) is 12.8 Å². The first kappa shape index (κ1) is 9.52. The Kier molecular flexibility index (Phi) is 3.38. The van der Waals surface area contributed by atoms with Crippen molar-refractivity contribution in [3.8, 4) is 0 Å². The van der Waals surface area contributed by atoms with Crippen LogP contribution in [0.15, 0.2) is 0 Å². The number of piperidine rings is 1. The van der Waals surface area contributed by atoms with Crippen molar-refractivity contribution >= 4 is 23.8 Å². The molecule has 1 nitrogen and oxygen atoms in total. The Balaban J connectivity index is 2.55. The fourth-order valence-corrected chi connectivity index (χ4v) is 2.05. The van der Waals surface area contributed by atoms with Crippen molar-refractivity contribution in [1.29, 1.82) is 0 Å². The molecule has 0 spiro atoms. The number of rotatable bonds is 1. The largest absolute Gasteiger partial charge is 0.270 e. The highest BCUT2D eigenvalue weighted by Gasteiger charge is 2.31. The van der Waals surface area contributed by atoms with Gasteiger partial charge in [-0.15, -0.1) is 0 Å². The summed E-state index contributed by atoms with van der Waals surface area (Å²) in [7, 11) is 5.70. The molecule has 1 rings (SSSR count). The summed E-state index contributed by atoms with van der Waals surface area (Å²) in [5.41, 5.74) is 0.527. The van der Waals surface area contributed by atoms with Crippen molar-refractivity contribution in [1.82, 2.24) is 4.90 Å². The highest BCUT2D eigenvalue weighted by Crippen LogP contribution is 2.27. The quantitative estimate of drug-likeness (QED) is 0.370. The Morgan fingerprint density at radius 3 is 2.73 bits per heavy atom. The molecule has 1 aliphatic heterocycles. The Morgan fingerprint density at radius 1 is 1.64 bits per heavy atom. The summed E-state index contributed by atoms with van der Waals surface area (Å²) < 4.78 is 13.3. The molecule has 3 atom stereocenters.